The molecule has 0 radical (unpaired) electrons. The molecular formula is C47H52F6N8O2. The van der Waals surface area contributed by atoms with Gasteiger partial charge in [-0.25, -0.2) is 9.97 Å². The van der Waals surface area contributed by atoms with Crippen LogP contribution in [0.5, 0.6) is 0 Å². The highest BCUT2D eigenvalue weighted by Crippen LogP contribution is 2.34. The van der Waals surface area contributed by atoms with E-state index in [1.54, 1.807) is 58.2 Å². The van der Waals surface area contributed by atoms with Gasteiger partial charge in [-0.1, -0.05) is 24.3 Å². The Hall–Kier alpha value is -6.32. The maximum Gasteiger partial charge on any atom is 0.416 e. The number of amides is 2. The fourth-order valence-electron chi connectivity index (χ4n) is 6.33. The molecular weight excluding hydrogens is 823 g/mol. The molecule has 2 N–H and O–H groups in total. The lowest BCUT2D eigenvalue weighted by Crippen LogP contribution is -2.40. The molecule has 0 atom stereocenters. The van der Waals surface area contributed by atoms with E-state index in [0.29, 0.717) is 56.4 Å². The van der Waals surface area contributed by atoms with Crippen LogP contribution in [0.25, 0.3) is 45.3 Å². The van der Waals surface area contributed by atoms with Gasteiger partial charge in [0.2, 0.25) is 0 Å². The van der Waals surface area contributed by atoms with Crippen LogP contribution in [-0.4, -0.2) is 52.4 Å². The van der Waals surface area contributed by atoms with Crippen LogP contribution < -0.4 is 10.6 Å². The maximum absolute atomic E-state index is 13.0. The first kappa shape index (κ1) is 47.7. The molecule has 10 nitrogen and oxygen atoms in total. The third-order valence-corrected chi connectivity index (χ3v) is 9.13. The summed E-state index contributed by atoms with van der Waals surface area (Å²) in [4.78, 5) is 35.1. The first-order valence-corrected chi connectivity index (χ1v) is 20.1. The van der Waals surface area contributed by atoms with Crippen molar-refractivity contribution in [3.8, 4) is 45.3 Å². The highest BCUT2D eigenvalue weighted by atomic mass is 19.4. The number of carbonyl (C=O) groups is 2. The van der Waals surface area contributed by atoms with Crippen molar-refractivity contribution >= 4 is 11.8 Å². The minimum Gasteiger partial charge on any atom is -0.347 e. The van der Waals surface area contributed by atoms with Crippen LogP contribution >= 0.6 is 0 Å². The molecule has 4 aromatic heterocycles. The van der Waals surface area contributed by atoms with E-state index in [1.807, 2.05) is 76.2 Å². The average molecular weight is 875 g/mol. The normalized spacial score (nSPS) is 12.5. The Kier molecular flexibility index (Phi) is 13.5. The van der Waals surface area contributed by atoms with Crippen molar-refractivity contribution in [2.45, 2.75) is 111 Å². The lowest BCUT2D eigenvalue weighted by molar-refractivity contribution is -0.138. The number of nitrogens with zero attached hydrogens (tertiary/aromatic N) is 6. The number of hydrogen-bond donors (Lipinski definition) is 2. The Bertz CT molecular complexity index is 2550. The minimum absolute atomic E-state index is 0.0633. The lowest BCUT2D eigenvalue weighted by atomic mass is 10.0. The molecule has 334 valence electrons. The molecule has 6 rings (SSSR count). The van der Waals surface area contributed by atoms with E-state index in [1.165, 1.54) is 24.3 Å². The first-order valence-electron chi connectivity index (χ1n) is 20.1. The SMILES string of the molecule is CC(C)(C)NC(=O)c1cc(-c2ccc(C(F)(F)F)cc2)nc(-c2ccnn2C(C)(C)C)c1.CC(C)n1nccc1-c1cc(C(=O)NC(C)(C)C)cc(-c2ccc(C(F)(F)F)cc2)n1. The Labute approximate surface area is 363 Å². The van der Waals surface area contributed by atoms with Crippen molar-refractivity contribution in [3.63, 3.8) is 0 Å². The predicted molar refractivity (Wildman–Crippen MR) is 232 cm³/mol. The van der Waals surface area contributed by atoms with Gasteiger partial charge in [0.1, 0.15) is 0 Å². The summed E-state index contributed by atoms with van der Waals surface area (Å²) in [6, 6.07) is 19.7. The molecule has 0 saturated heterocycles. The molecule has 6 aromatic rings. The summed E-state index contributed by atoms with van der Waals surface area (Å²) in [5, 5.41) is 14.5. The van der Waals surface area contributed by atoms with Gasteiger partial charge in [0.15, 0.2) is 0 Å². The fourth-order valence-corrected chi connectivity index (χ4v) is 6.33. The summed E-state index contributed by atoms with van der Waals surface area (Å²) < 4.78 is 81.3. The number of alkyl halides is 6. The molecule has 2 aromatic carbocycles. The summed E-state index contributed by atoms with van der Waals surface area (Å²) in [7, 11) is 0. The van der Waals surface area contributed by atoms with E-state index in [0.717, 1.165) is 24.3 Å². The molecule has 0 aliphatic carbocycles. The summed E-state index contributed by atoms with van der Waals surface area (Å²) in [5.74, 6) is -0.587. The number of aromatic nitrogens is 6. The van der Waals surface area contributed by atoms with E-state index < -0.39 is 34.6 Å². The molecule has 0 unspecified atom stereocenters. The number of carbonyl (C=O) groups excluding carboxylic acids is 2. The van der Waals surface area contributed by atoms with E-state index in [9.17, 15) is 35.9 Å². The number of nitrogens with one attached hydrogen (secondary N) is 2. The third-order valence-electron chi connectivity index (χ3n) is 9.13. The zero-order chi connectivity index (χ0) is 46.9. The van der Waals surface area contributed by atoms with Crippen molar-refractivity contribution in [1.82, 2.24) is 40.2 Å². The Morgan fingerprint density at radius 1 is 0.524 bits per heavy atom. The molecule has 0 aliphatic heterocycles. The van der Waals surface area contributed by atoms with Gasteiger partial charge in [-0.15, -0.1) is 0 Å². The van der Waals surface area contributed by atoms with Crippen LogP contribution in [0.1, 0.15) is 114 Å². The quantitative estimate of drug-likeness (QED) is 0.154. The van der Waals surface area contributed by atoms with Crippen LogP contribution in [0.15, 0.2) is 97.3 Å². The van der Waals surface area contributed by atoms with Gasteiger partial charge in [0.05, 0.1) is 50.8 Å². The zero-order valence-corrected chi connectivity index (χ0v) is 37.1. The summed E-state index contributed by atoms with van der Waals surface area (Å²) >= 11 is 0. The molecule has 0 fully saturated rings. The number of benzene rings is 2. The summed E-state index contributed by atoms with van der Waals surface area (Å²) in [5.41, 5.74) is 2.22. The second-order valence-electron chi connectivity index (χ2n) is 18.4. The van der Waals surface area contributed by atoms with E-state index in [-0.39, 0.29) is 23.4 Å². The highest BCUT2D eigenvalue weighted by Gasteiger charge is 2.31. The van der Waals surface area contributed by atoms with E-state index in [2.05, 4.69) is 30.8 Å². The largest absolute Gasteiger partial charge is 0.416 e. The van der Waals surface area contributed by atoms with Crippen molar-refractivity contribution in [2.75, 3.05) is 0 Å². The Morgan fingerprint density at radius 2 is 0.889 bits per heavy atom. The molecule has 4 heterocycles. The van der Waals surface area contributed by atoms with Crippen molar-refractivity contribution < 1.29 is 35.9 Å². The molecule has 0 bridgehead atoms. The first-order chi connectivity index (χ1) is 29.0. The molecule has 0 spiro atoms. The van der Waals surface area contributed by atoms with Crippen molar-refractivity contribution in [3.05, 3.63) is 120 Å². The van der Waals surface area contributed by atoms with E-state index >= 15 is 0 Å². The van der Waals surface area contributed by atoms with Crippen LogP contribution in [0.4, 0.5) is 26.3 Å². The predicted octanol–water partition coefficient (Wildman–Crippen LogP) is 11.7. The van der Waals surface area contributed by atoms with Crippen molar-refractivity contribution in [1.29, 1.82) is 0 Å². The summed E-state index contributed by atoms with van der Waals surface area (Å²) in [6.45, 7) is 21.2. The second-order valence-corrected chi connectivity index (χ2v) is 18.4. The van der Waals surface area contributed by atoms with Crippen LogP contribution in [-0.2, 0) is 17.9 Å². The minimum atomic E-state index is -4.43. The van der Waals surface area contributed by atoms with Crippen LogP contribution in [0, 0.1) is 0 Å². The second kappa shape index (κ2) is 17.8. The standard InChI is InChI=1S/C24H27F3N4O.C23H25F3N4O/c1-22(2,3)30-21(32)16-13-18(15-7-9-17(10-8-15)24(25,26)27)29-19(14-16)20-11-12-28-31(20)23(4,5)6;1-14(2)30-20(10-11-27-30)19-13-16(21(31)29-22(3,4)5)12-18(28-19)15-6-8-17(9-7-15)23(24,25)26/h7-14H,1-6H3,(H,30,32);6-14H,1-5H3,(H,29,31). The third kappa shape index (κ3) is 12.4. The van der Waals surface area contributed by atoms with Crippen molar-refractivity contribution in [2.24, 2.45) is 0 Å². The molecule has 0 aliphatic rings. The average Bonchev–Trinajstić information content (AvgIpc) is 3.88. The number of rotatable bonds is 7. The Balaban J connectivity index is 0.000000238. The molecule has 63 heavy (non-hydrogen) atoms. The molecule has 16 heteroatoms. The van der Waals surface area contributed by atoms with Gasteiger partial charge in [-0.05, 0) is 137 Å². The van der Waals surface area contributed by atoms with Crippen LogP contribution in [0.2, 0.25) is 0 Å². The van der Waals surface area contributed by atoms with Gasteiger partial charge < -0.3 is 10.6 Å². The fraction of sp³-hybridized carbons (Fsp3) is 0.362. The smallest absolute Gasteiger partial charge is 0.347 e. The molecule has 2 amide bonds. The van der Waals surface area contributed by atoms with Gasteiger partial charge in [-0.2, -0.15) is 36.5 Å². The van der Waals surface area contributed by atoms with Gasteiger partial charge in [-0.3, -0.25) is 19.0 Å². The number of halogens is 6. The van der Waals surface area contributed by atoms with E-state index in [4.69, 9.17) is 0 Å². The maximum atomic E-state index is 13.0. The number of hydrogen-bond acceptors (Lipinski definition) is 6. The van der Waals surface area contributed by atoms with Gasteiger partial charge in [0.25, 0.3) is 11.8 Å². The number of pyridine rings is 2. The monoisotopic (exact) mass is 874 g/mol. The topological polar surface area (TPSA) is 120 Å². The zero-order valence-electron chi connectivity index (χ0n) is 37.1. The van der Waals surface area contributed by atoms with Crippen LogP contribution in [0.3, 0.4) is 0 Å². The lowest BCUT2D eigenvalue weighted by Gasteiger charge is -2.23. The van der Waals surface area contributed by atoms with Gasteiger partial charge >= 0.3 is 12.4 Å². The Morgan fingerprint density at radius 3 is 1.25 bits per heavy atom. The van der Waals surface area contributed by atoms with Gasteiger partial charge in [0, 0.05) is 51.8 Å². The molecule has 0 saturated carbocycles. The summed E-state index contributed by atoms with van der Waals surface area (Å²) in [6.07, 6.45) is -5.54. The highest BCUT2D eigenvalue weighted by molar-refractivity contribution is 5.97.